The number of unbranched alkanes of at least 4 members (excludes halogenated alkanes) is 1. The highest BCUT2D eigenvalue weighted by Gasteiger charge is 2.52. The summed E-state index contributed by atoms with van der Waals surface area (Å²) in [4.78, 5) is 0. The fourth-order valence-electron chi connectivity index (χ4n) is 1.74. The molecule has 1 fully saturated rings. The average Bonchev–Trinajstić information content (AvgIpc) is 2.32. The van der Waals surface area contributed by atoms with Gasteiger partial charge in [0.15, 0.2) is 6.10 Å². The molecule has 102 valence electrons. The number of nitrogens with one attached hydrogen (secondary N) is 1. The molecule has 0 aromatic heterocycles. The third-order valence-corrected chi connectivity index (χ3v) is 2.87. The summed E-state index contributed by atoms with van der Waals surface area (Å²) in [5.74, 6) is -2.15. The van der Waals surface area contributed by atoms with Gasteiger partial charge in [0.1, 0.15) is 18.3 Å². The van der Waals surface area contributed by atoms with Crippen molar-refractivity contribution in [3.05, 3.63) is 0 Å². The van der Waals surface area contributed by atoms with Gasteiger partial charge in [0, 0.05) is 6.54 Å². The van der Waals surface area contributed by atoms with Crippen LogP contribution >= 0.6 is 0 Å². The number of ether oxygens (including phenoxy) is 1. The molecule has 1 rings (SSSR count). The third kappa shape index (κ3) is 3.14. The molecule has 0 aromatic rings. The van der Waals surface area contributed by atoms with Crippen molar-refractivity contribution >= 4 is 0 Å². The van der Waals surface area contributed by atoms with E-state index in [2.05, 4.69) is 5.32 Å². The fourth-order valence-corrected chi connectivity index (χ4v) is 1.74. The molecule has 0 aromatic carbocycles. The molecule has 1 unspecified atom stereocenters. The summed E-state index contributed by atoms with van der Waals surface area (Å²) >= 11 is 0. The average molecular weight is 251 g/mol. The van der Waals surface area contributed by atoms with Gasteiger partial charge in [-0.25, -0.2) is 0 Å². The molecule has 0 saturated carbocycles. The lowest BCUT2D eigenvalue weighted by molar-refractivity contribution is -0.361. The second-order valence-corrected chi connectivity index (χ2v) is 4.24. The van der Waals surface area contributed by atoms with Gasteiger partial charge in [-0.3, -0.25) is 5.32 Å². The van der Waals surface area contributed by atoms with Crippen molar-refractivity contribution in [2.45, 2.75) is 50.1 Å². The minimum atomic E-state index is -2.15. The maximum Gasteiger partial charge on any atom is 0.255 e. The van der Waals surface area contributed by atoms with Gasteiger partial charge >= 0.3 is 0 Å². The van der Waals surface area contributed by atoms with Crippen molar-refractivity contribution in [2.75, 3.05) is 13.2 Å². The third-order valence-electron chi connectivity index (χ3n) is 2.87. The monoisotopic (exact) mass is 251 g/mol. The quantitative estimate of drug-likeness (QED) is 0.236. The van der Waals surface area contributed by atoms with Crippen molar-refractivity contribution in [3.63, 3.8) is 0 Å². The zero-order valence-electron chi connectivity index (χ0n) is 9.78. The van der Waals surface area contributed by atoms with Crippen LogP contribution in [0.2, 0.25) is 0 Å². The molecule has 0 radical (unpaired) electrons. The van der Waals surface area contributed by atoms with Gasteiger partial charge in [-0.1, -0.05) is 13.3 Å². The van der Waals surface area contributed by atoms with E-state index in [0.717, 1.165) is 12.8 Å². The molecule has 1 aliphatic heterocycles. The van der Waals surface area contributed by atoms with E-state index in [1.54, 1.807) is 0 Å². The fraction of sp³-hybridized carbons (Fsp3) is 1.00. The van der Waals surface area contributed by atoms with Gasteiger partial charge in [0.2, 0.25) is 0 Å². The molecule has 1 heterocycles. The Bertz CT molecular complexity index is 239. The second kappa shape index (κ2) is 6.05. The SMILES string of the molecule is CCCCNC1(O)O[C@H](CO)[C@@H](O)[C@H](O)[C@H]1O. The van der Waals surface area contributed by atoms with Gasteiger partial charge < -0.3 is 30.3 Å². The van der Waals surface area contributed by atoms with Crippen molar-refractivity contribution in [1.29, 1.82) is 0 Å². The molecule has 0 amide bonds. The highest BCUT2D eigenvalue weighted by molar-refractivity contribution is 4.94. The summed E-state index contributed by atoms with van der Waals surface area (Å²) in [5, 5.41) is 50.2. The molecule has 7 nitrogen and oxygen atoms in total. The van der Waals surface area contributed by atoms with E-state index >= 15 is 0 Å². The van der Waals surface area contributed by atoms with E-state index in [1.807, 2.05) is 6.92 Å². The Morgan fingerprint density at radius 2 is 1.88 bits per heavy atom. The normalized spacial score (nSPS) is 42.7. The highest BCUT2D eigenvalue weighted by Crippen LogP contribution is 2.26. The van der Waals surface area contributed by atoms with Crippen LogP contribution in [0.25, 0.3) is 0 Å². The molecule has 0 bridgehead atoms. The molecule has 0 aliphatic carbocycles. The zero-order chi connectivity index (χ0) is 13.1. The Morgan fingerprint density at radius 1 is 1.24 bits per heavy atom. The first kappa shape index (κ1) is 14.8. The Labute approximate surface area is 99.7 Å². The first-order valence-electron chi connectivity index (χ1n) is 5.76. The van der Waals surface area contributed by atoms with Gasteiger partial charge in [-0.05, 0) is 6.42 Å². The predicted octanol–water partition coefficient (Wildman–Crippen LogP) is -2.50. The summed E-state index contributed by atoms with van der Waals surface area (Å²) in [6, 6.07) is 0. The molecule has 1 saturated heterocycles. The van der Waals surface area contributed by atoms with Crippen LogP contribution in [0, 0.1) is 0 Å². The lowest BCUT2D eigenvalue weighted by Gasteiger charge is -2.45. The minimum absolute atomic E-state index is 0.380. The molecule has 0 spiro atoms. The smallest absolute Gasteiger partial charge is 0.255 e. The van der Waals surface area contributed by atoms with E-state index in [0.29, 0.717) is 6.54 Å². The van der Waals surface area contributed by atoms with Crippen LogP contribution in [0.4, 0.5) is 0 Å². The Morgan fingerprint density at radius 3 is 2.41 bits per heavy atom. The predicted molar refractivity (Wildman–Crippen MR) is 57.8 cm³/mol. The number of hydrogen-bond donors (Lipinski definition) is 6. The van der Waals surface area contributed by atoms with Crippen LogP contribution in [0.3, 0.4) is 0 Å². The molecule has 1 aliphatic rings. The number of hydrogen-bond acceptors (Lipinski definition) is 7. The van der Waals surface area contributed by atoms with Gasteiger partial charge in [0.05, 0.1) is 6.61 Å². The van der Waals surface area contributed by atoms with Crippen molar-refractivity contribution in [1.82, 2.24) is 5.32 Å². The van der Waals surface area contributed by atoms with Gasteiger partial charge in [-0.15, -0.1) is 0 Å². The molecule has 17 heavy (non-hydrogen) atoms. The lowest BCUT2D eigenvalue weighted by Crippen LogP contribution is -2.70. The van der Waals surface area contributed by atoms with Crippen molar-refractivity contribution < 1.29 is 30.3 Å². The minimum Gasteiger partial charge on any atom is -0.394 e. The van der Waals surface area contributed by atoms with Crippen LogP contribution in [0.1, 0.15) is 19.8 Å². The van der Waals surface area contributed by atoms with Crippen LogP contribution in [0.5, 0.6) is 0 Å². The molecule has 5 atom stereocenters. The Kier molecular flexibility index (Phi) is 5.26. The largest absolute Gasteiger partial charge is 0.394 e. The second-order valence-electron chi connectivity index (χ2n) is 4.24. The maximum atomic E-state index is 9.99. The van der Waals surface area contributed by atoms with Crippen molar-refractivity contribution in [2.24, 2.45) is 0 Å². The van der Waals surface area contributed by atoms with E-state index in [9.17, 15) is 20.4 Å². The molecule has 7 heteroatoms. The van der Waals surface area contributed by atoms with E-state index in [-0.39, 0.29) is 0 Å². The number of aliphatic hydroxyl groups excluding tert-OH is 4. The van der Waals surface area contributed by atoms with Gasteiger partial charge in [0.25, 0.3) is 5.91 Å². The summed E-state index contributed by atoms with van der Waals surface area (Å²) in [6.45, 7) is 1.77. The Hall–Kier alpha value is -0.280. The summed E-state index contributed by atoms with van der Waals surface area (Å²) in [6.07, 6.45) is -4.22. The number of rotatable bonds is 5. The standard InChI is InChI=1S/C10H21NO6/c1-2-3-4-11-10(16)9(15)8(14)7(13)6(5-12)17-10/h6-9,11-16H,2-5H2,1H3/t6-,7-,8+,9-,10?/m1/s1. The van der Waals surface area contributed by atoms with Crippen molar-refractivity contribution in [3.8, 4) is 0 Å². The summed E-state index contributed by atoms with van der Waals surface area (Å²) < 4.78 is 5.00. The number of aliphatic hydroxyl groups is 5. The molecular weight excluding hydrogens is 230 g/mol. The lowest BCUT2D eigenvalue weighted by atomic mass is 9.96. The Balaban J connectivity index is 2.69. The highest BCUT2D eigenvalue weighted by atomic mass is 16.7. The van der Waals surface area contributed by atoms with Gasteiger partial charge in [-0.2, -0.15) is 0 Å². The topological polar surface area (TPSA) is 122 Å². The van der Waals surface area contributed by atoms with E-state index in [4.69, 9.17) is 9.84 Å². The van der Waals surface area contributed by atoms with E-state index in [1.165, 1.54) is 0 Å². The summed E-state index contributed by atoms with van der Waals surface area (Å²) in [5.41, 5.74) is 0. The van der Waals surface area contributed by atoms with Crippen LogP contribution in [0.15, 0.2) is 0 Å². The maximum absolute atomic E-state index is 9.99. The van der Waals surface area contributed by atoms with Crippen LogP contribution < -0.4 is 5.32 Å². The van der Waals surface area contributed by atoms with E-state index < -0.39 is 36.9 Å². The first-order valence-corrected chi connectivity index (χ1v) is 5.76. The first-order chi connectivity index (χ1) is 7.96. The molecule has 6 N–H and O–H groups in total. The molecular formula is C10H21NO6. The van der Waals surface area contributed by atoms with Crippen LogP contribution in [-0.4, -0.2) is 69.0 Å². The summed E-state index contributed by atoms with van der Waals surface area (Å²) in [7, 11) is 0. The zero-order valence-corrected chi connectivity index (χ0v) is 9.78. The van der Waals surface area contributed by atoms with Crippen LogP contribution in [-0.2, 0) is 4.74 Å².